The molecule has 152 valence electrons. The molecule has 0 bridgehead atoms. The van der Waals surface area contributed by atoms with Gasteiger partial charge < -0.3 is 0 Å². The Kier molecular flexibility index (Phi) is 6.78. The number of hydrogen-bond donors (Lipinski definition) is 0. The summed E-state index contributed by atoms with van der Waals surface area (Å²) in [6, 6.07) is 33.9. The highest BCUT2D eigenvalue weighted by atomic mass is 31.2. The van der Waals surface area contributed by atoms with Crippen molar-refractivity contribution in [2.24, 2.45) is 4.74 Å². The van der Waals surface area contributed by atoms with E-state index in [1.54, 1.807) is 6.20 Å². The summed E-state index contributed by atoms with van der Waals surface area (Å²) in [6.07, 6.45) is 5.54. The highest BCUT2D eigenvalue weighted by molar-refractivity contribution is 7.87. The third-order valence-electron chi connectivity index (χ3n) is 5.04. The Labute approximate surface area is 185 Å². The average Bonchev–Trinajstić information content (AvgIpc) is 2.85. The Morgan fingerprint density at radius 1 is 0.742 bits per heavy atom. The fourth-order valence-corrected chi connectivity index (χ4v) is 7.12. The van der Waals surface area contributed by atoms with E-state index < -0.39 is 7.05 Å². The Morgan fingerprint density at radius 2 is 1.26 bits per heavy atom. The van der Waals surface area contributed by atoms with Crippen LogP contribution in [0.25, 0.3) is 0 Å². The molecular formula is C28H25N2P. The molecule has 3 heteroatoms. The molecule has 0 fully saturated rings. The molecule has 0 aliphatic heterocycles. The summed E-state index contributed by atoms with van der Waals surface area (Å²) in [5.74, 6) is 6.56. The van der Waals surface area contributed by atoms with Gasteiger partial charge in [0.2, 0.25) is 0 Å². The van der Waals surface area contributed by atoms with Crippen LogP contribution in [0.5, 0.6) is 0 Å². The van der Waals surface area contributed by atoms with Crippen LogP contribution in [0.1, 0.15) is 25.3 Å². The zero-order valence-corrected chi connectivity index (χ0v) is 18.5. The van der Waals surface area contributed by atoms with Crippen LogP contribution in [0.15, 0.2) is 114 Å². The molecule has 0 aliphatic carbocycles. The molecule has 0 aliphatic rings. The van der Waals surface area contributed by atoms with Crippen molar-refractivity contribution >= 4 is 28.7 Å². The van der Waals surface area contributed by atoms with Gasteiger partial charge in [-0.3, -0.25) is 9.73 Å². The molecule has 0 spiro atoms. The van der Waals surface area contributed by atoms with Gasteiger partial charge in [0.05, 0.1) is 18.3 Å². The minimum atomic E-state index is -2.31. The lowest BCUT2D eigenvalue weighted by atomic mass is 10.2. The predicted molar refractivity (Wildman–Crippen MR) is 133 cm³/mol. The molecular weight excluding hydrogens is 395 g/mol. The molecule has 0 radical (unpaired) electrons. The Bertz CT molecular complexity index is 1130. The van der Waals surface area contributed by atoms with Crippen molar-refractivity contribution in [1.29, 1.82) is 0 Å². The summed E-state index contributed by atoms with van der Waals surface area (Å²) < 4.78 is 5.55. The molecule has 31 heavy (non-hydrogen) atoms. The molecule has 0 unspecified atom stereocenters. The monoisotopic (exact) mass is 420 g/mol. The molecule has 0 saturated carbocycles. The molecule has 4 rings (SSSR count). The number of nitrogens with zero attached hydrogens (tertiary/aromatic N) is 2. The van der Waals surface area contributed by atoms with Crippen molar-refractivity contribution in [1.82, 2.24) is 4.98 Å². The zero-order valence-electron chi connectivity index (χ0n) is 17.6. The molecule has 1 heterocycles. The smallest absolute Gasteiger partial charge is 0.0812 e. The molecule has 0 N–H and O–H groups in total. The SMILES string of the molecule is CCCC#Cc1cnccc1N=P(c1ccccc1)(c1ccccc1)c1ccccc1. The maximum Gasteiger partial charge on any atom is 0.0812 e. The van der Waals surface area contributed by atoms with Gasteiger partial charge in [-0.05, 0) is 12.5 Å². The van der Waals surface area contributed by atoms with Crippen LogP contribution in [0.3, 0.4) is 0 Å². The molecule has 0 saturated heterocycles. The van der Waals surface area contributed by atoms with Gasteiger partial charge in [-0.15, -0.1) is 0 Å². The first-order valence-corrected chi connectivity index (χ1v) is 12.3. The largest absolute Gasteiger partial charge is 0.263 e. The van der Waals surface area contributed by atoms with E-state index in [0.717, 1.165) is 24.1 Å². The first-order valence-electron chi connectivity index (χ1n) is 10.6. The van der Waals surface area contributed by atoms with Gasteiger partial charge in [0.1, 0.15) is 0 Å². The zero-order chi connectivity index (χ0) is 21.4. The normalized spacial score (nSPS) is 10.7. The first-order chi connectivity index (χ1) is 15.3. The van der Waals surface area contributed by atoms with Crippen molar-refractivity contribution in [2.45, 2.75) is 19.8 Å². The fraction of sp³-hybridized carbons (Fsp3) is 0.107. The lowest BCUT2D eigenvalue weighted by molar-refractivity contribution is 0.983. The summed E-state index contributed by atoms with van der Waals surface area (Å²) in [7, 11) is -2.31. The minimum absolute atomic E-state index is 0.866. The maximum absolute atomic E-state index is 5.55. The Hall–Kier alpha value is -3.40. The Morgan fingerprint density at radius 3 is 1.74 bits per heavy atom. The van der Waals surface area contributed by atoms with Crippen molar-refractivity contribution in [3.63, 3.8) is 0 Å². The van der Waals surface area contributed by atoms with E-state index in [0.29, 0.717) is 0 Å². The van der Waals surface area contributed by atoms with E-state index >= 15 is 0 Å². The molecule has 0 amide bonds. The van der Waals surface area contributed by atoms with Gasteiger partial charge in [0, 0.05) is 34.7 Å². The van der Waals surface area contributed by atoms with E-state index in [9.17, 15) is 0 Å². The van der Waals surface area contributed by atoms with Crippen molar-refractivity contribution < 1.29 is 0 Å². The van der Waals surface area contributed by atoms with Crippen LogP contribution in [0.2, 0.25) is 0 Å². The number of aromatic nitrogens is 1. The first kappa shape index (κ1) is 20.9. The minimum Gasteiger partial charge on any atom is -0.263 e. The van der Waals surface area contributed by atoms with Crippen LogP contribution < -0.4 is 15.9 Å². The van der Waals surface area contributed by atoms with Gasteiger partial charge in [-0.25, -0.2) is 0 Å². The number of pyridine rings is 1. The third-order valence-corrected chi connectivity index (χ3v) is 8.70. The van der Waals surface area contributed by atoms with Gasteiger partial charge in [-0.1, -0.05) is 110 Å². The van der Waals surface area contributed by atoms with Crippen LogP contribution >= 0.6 is 7.05 Å². The van der Waals surface area contributed by atoms with Gasteiger partial charge >= 0.3 is 0 Å². The van der Waals surface area contributed by atoms with E-state index in [4.69, 9.17) is 4.74 Å². The maximum atomic E-state index is 5.55. The van der Waals surface area contributed by atoms with Crippen LogP contribution in [0, 0.1) is 11.8 Å². The van der Waals surface area contributed by atoms with E-state index in [1.807, 2.05) is 12.3 Å². The summed E-state index contributed by atoms with van der Waals surface area (Å²) in [5.41, 5.74) is 1.77. The second-order valence-electron chi connectivity index (χ2n) is 7.19. The third kappa shape index (κ3) is 4.53. The lowest BCUT2D eigenvalue weighted by Gasteiger charge is -2.27. The lowest BCUT2D eigenvalue weighted by Crippen LogP contribution is -2.25. The van der Waals surface area contributed by atoms with E-state index in [1.165, 1.54) is 15.9 Å². The van der Waals surface area contributed by atoms with E-state index in [-0.39, 0.29) is 0 Å². The number of unbranched alkanes of at least 4 members (excludes halogenated alkanes) is 1. The summed E-state index contributed by atoms with van der Waals surface area (Å²) in [4.78, 5) is 4.32. The van der Waals surface area contributed by atoms with Crippen molar-refractivity contribution in [3.8, 4) is 11.8 Å². The Balaban J connectivity index is 2.09. The summed E-state index contributed by atoms with van der Waals surface area (Å²) in [5, 5.41) is 3.66. The van der Waals surface area contributed by atoms with E-state index in [2.05, 4.69) is 115 Å². The molecule has 4 aromatic rings. The number of rotatable bonds is 5. The standard InChI is InChI=1S/C28H25N2P/c1-2-3-7-14-24-23-29-22-21-28(24)30-31(25-15-8-4-9-16-25,26-17-10-5-11-18-26)27-19-12-6-13-20-27/h4-6,8-13,15-23H,2-3H2,1H3. The van der Waals surface area contributed by atoms with Gasteiger partial charge in [-0.2, -0.15) is 0 Å². The van der Waals surface area contributed by atoms with Gasteiger partial charge in [0.15, 0.2) is 0 Å². The van der Waals surface area contributed by atoms with Crippen molar-refractivity contribution in [2.75, 3.05) is 0 Å². The summed E-state index contributed by atoms with van der Waals surface area (Å²) >= 11 is 0. The molecule has 2 nitrogen and oxygen atoms in total. The van der Waals surface area contributed by atoms with Gasteiger partial charge in [0.25, 0.3) is 0 Å². The van der Waals surface area contributed by atoms with Crippen LogP contribution in [-0.4, -0.2) is 4.98 Å². The average molecular weight is 420 g/mol. The second-order valence-corrected chi connectivity index (χ2v) is 10.2. The van der Waals surface area contributed by atoms with Crippen molar-refractivity contribution in [3.05, 3.63) is 115 Å². The topological polar surface area (TPSA) is 25.2 Å². The predicted octanol–water partition coefficient (Wildman–Crippen LogP) is 6.04. The fourth-order valence-electron chi connectivity index (χ4n) is 3.57. The molecule has 0 atom stereocenters. The van der Waals surface area contributed by atoms with Crippen LogP contribution in [0.4, 0.5) is 5.69 Å². The highest BCUT2D eigenvalue weighted by Gasteiger charge is 2.27. The number of benzene rings is 3. The van der Waals surface area contributed by atoms with Crippen LogP contribution in [-0.2, 0) is 0 Å². The quantitative estimate of drug-likeness (QED) is 0.285. The molecule has 1 aromatic heterocycles. The summed E-state index contributed by atoms with van der Waals surface area (Å²) in [6.45, 7) is 2.14. The number of hydrogen-bond acceptors (Lipinski definition) is 2. The second kappa shape index (κ2) is 10.1. The molecule has 3 aromatic carbocycles. The highest BCUT2D eigenvalue weighted by Crippen LogP contribution is 2.49.